The van der Waals surface area contributed by atoms with Crippen LogP contribution in [-0.2, 0) is 0 Å². The molecular weight excluding hydrogens is 292 g/mol. The molecule has 23 heavy (non-hydrogen) atoms. The van der Waals surface area contributed by atoms with E-state index in [0.29, 0.717) is 11.2 Å². The van der Waals surface area contributed by atoms with Crippen molar-refractivity contribution in [2.24, 2.45) is 0 Å². The third-order valence-corrected chi connectivity index (χ3v) is 3.83. The molecule has 2 aromatic heterocycles. The quantitative estimate of drug-likeness (QED) is 0.616. The Kier molecular flexibility index (Phi) is 2.84. The number of aromatic nitrogens is 4. The van der Waals surface area contributed by atoms with E-state index in [-0.39, 0.29) is 5.56 Å². The van der Waals surface area contributed by atoms with Crippen LogP contribution in [0.5, 0.6) is 0 Å². The molecule has 2 heterocycles. The Hall–Kier alpha value is -3.28. The first kappa shape index (κ1) is 13.4. The first-order chi connectivity index (χ1) is 11.1. The first-order valence-electron chi connectivity index (χ1n) is 7.08. The van der Waals surface area contributed by atoms with Gasteiger partial charge in [0.05, 0.1) is 22.3 Å². The minimum absolute atomic E-state index is 0.206. The van der Waals surface area contributed by atoms with E-state index in [9.17, 15) is 9.90 Å². The molecule has 0 bridgehead atoms. The van der Waals surface area contributed by atoms with Gasteiger partial charge in [0.2, 0.25) is 0 Å². The standard InChI is InChI=1S/C17H12N4O2/c1-10-16-20-18-9-21(16)14-8-12(17(22)23)7-13(15(14)19-10)11-5-3-2-4-6-11/h2-9H,1H3,(H,22,23). The molecule has 0 aliphatic heterocycles. The second-order valence-corrected chi connectivity index (χ2v) is 5.28. The highest BCUT2D eigenvalue weighted by Crippen LogP contribution is 2.30. The molecule has 0 aliphatic rings. The average Bonchev–Trinajstić information content (AvgIpc) is 3.05. The van der Waals surface area contributed by atoms with Crippen LogP contribution in [0.4, 0.5) is 0 Å². The fourth-order valence-electron chi connectivity index (χ4n) is 2.76. The van der Waals surface area contributed by atoms with Crippen molar-refractivity contribution in [3.05, 3.63) is 60.0 Å². The molecule has 0 amide bonds. The zero-order chi connectivity index (χ0) is 16.0. The molecule has 2 aromatic carbocycles. The predicted molar refractivity (Wildman–Crippen MR) is 85.4 cm³/mol. The molecule has 4 rings (SSSR count). The molecular formula is C17H12N4O2. The fourth-order valence-corrected chi connectivity index (χ4v) is 2.76. The van der Waals surface area contributed by atoms with E-state index in [0.717, 1.165) is 22.3 Å². The fraction of sp³-hybridized carbons (Fsp3) is 0.0588. The lowest BCUT2D eigenvalue weighted by Gasteiger charge is -2.10. The lowest BCUT2D eigenvalue weighted by atomic mass is 10.0. The van der Waals surface area contributed by atoms with Gasteiger partial charge in [-0.1, -0.05) is 30.3 Å². The summed E-state index contributed by atoms with van der Waals surface area (Å²) in [6, 6.07) is 12.9. The summed E-state index contributed by atoms with van der Waals surface area (Å²) in [4.78, 5) is 16.1. The molecule has 0 radical (unpaired) electrons. The maximum absolute atomic E-state index is 11.5. The molecule has 6 nitrogen and oxygen atoms in total. The van der Waals surface area contributed by atoms with Crippen molar-refractivity contribution >= 4 is 22.6 Å². The van der Waals surface area contributed by atoms with Crippen LogP contribution in [0.15, 0.2) is 48.8 Å². The van der Waals surface area contributed by atoms with E-state index in [2.05, 4.69) is 15.2 Å². The van der Waals surface area contributed by atoms with Crippen LogP contribution in [0, 0.1) is 6.92 Å². The monoisotopic (exact) mass is 304 g/mol. The second kappa shape index (κ2) is 4.88. The van der Waals surface area contributed by atoms with E-state index in [4.69, 9.17) is 0 Å². The Bertz CT molecular complexity index is 1050. The van der Waals surface area contributed by atoms with Gasteiger partial charge in [-0.15, -0.1) is 10.2 Å². The van der Waals surface area contributed by atoms with Crippen molar-refractivity contribution in [2.75, 3.05) is 0 Å². The predicted octanol–water partition coefficient (Wildman–Crippen LogP) is 2.95. The van der Waals surface area contributed by atoms with Crippen molar-refractivity contribution in [2.45, 2.75) is 6.92 Å². The van der Waals surface area contributed by atoms with Crippen LogP contribution in [0.2, 0.25) is 0 Å². The lowest BCUT2D eigenvalue weighted by Crippen LogP contribution is -2.02. The third-order valence-electron chi connectivity index (χ3n) is 3.83. The molecule has 0 saturated heterocycles. The van der Waals surface area contributed by atoms with Crippen molar-refractivity contribution in [1.29, 1.82) is 0 Å². The summed E-state index contributed by atoms with van der Waals surface area (Å²) in [5, 5.41) is 17.4. The Morgan fingerprint density at radius 1 is 1.17 bits per heavy atom. The highest BCUT2D eigenvalue weighted by molar-refractivity contribution is 6.00. The highest BCUT2D eigenvalue weighted by atomic mass is 16.4. The van der Waals surface area contributed by atoms with Crippen LogP contribution >= 0.6 is 0 Å². The third kappa shape index (κ3) is 2.03. The van der Waals surface area contributed by atoms with Crippen molar-refractivity contribution < 1.29 is 9.90 Å². The summed E-state index contributed by atoms with van der Waals surface area (Å²) in [6.45, 7) is 1.86. The molecule has 6 heteroatoms. The molecule has 0 unspecified atom stereocenters. The molecule has 0 saturated carbocycles. The van der Waals surface area contributed by atoms with Crippen LogP contribution in [-0.4, -0.2) is 30.7 Å². The van der Waals surface area contributed by atoms with Crippen molar-refractivity contribution in [3.63, 3.8) is 0 Å². The van der Waals surface area contributed by atoms with Crippen LogP contribution in [0.3, 0.4) is 0 Å². The zero-order valence-corrected chi connectivity index (χ0v) is 12.3. The van der Waals surface area contributed by atoms with Crippen LogP contribution in [0.25, 0.3) is 27.8 Å². The maximum atomic E-state index is 11.5. The zero-order valence-electron chi connectivity index (χ0n) is 12.3. The van der Waals surface area contributed by atoms with Gasteiger partial charge in [-0.2, -0.15) is 0 Å². The number of hydrogen-bond acceptors (Lipinski definition) is 4. The first-order valence-corrected chi connectivity index (χ1v) is 7.08. The summed E-state index contributed by atoms with van der Waals surface area (Å²) in [5.41, 5.74) is 4.67. The SMILES string of the molecule is Cc1nc2c(-c3ccccc3)cc(C(=O)O)cc2n2cnnc12. The summed E-state index contributed by atoms with van der Waals surface area (Å²) in [7, 11) is 0. The van der Waals surface area contributed by atoms with Gasteiger partial charge in [-0.05, 0) is 24.6 Å². The molecule has 0 aliphatic carbocycles. The number of aromatic carboxylic acids is 1. The number of hydrogen-bond donors (Lipinski definition) is 1. The van der Waals surface area contributed by atoms with Crippen molar-refractivity contribution in [1.82, 2.24) is 19.6 Å². The summed E-state index contributed by atoms with van der Waals surface area (Å²) in [5.74, 6) is -0.981. The number of aryl methyl sites for hydroxylation is 1. The van der Waals surface area contributed by atoms with Gasteiger partial charge in [-0.3, -0.25) is 4.40 Å². The Morgan fingerprint density at radius 2 is 1.96 bits per heavy atom. The average molecular weight is 304 g/mol. The summed E-state index contributed by atoms with van der Waals surface area (Å²) < 4.78 is 1.77. The molecule has 112 valence electrons. The van der Waals surface area contributed by atoms with E-state index in [1.54, 1.807) is 22.9 Å². The number of rotatable bonds is 2. The molecule has 0 fully saturated rings. The van der Waals surface area contributed by atoms with Gasteiger partial charge in [0, 0.05) is 5.56 Å². The number of nitrogens with zero attached hydrogens (tertiary/aromatic N) is 4. The number of carboxylic acids is 1. The largest absolute Gasteiger partial charge is 0.478 e. The van der Waals surface area contributed by atoms with Gasteiger partial charge in [0.15, 0.2) is 5.65 Å². The normalized spacial score (nSPS) is 11.2. The second-order valence-electron chi connectivity index (χ2n) is 5.28. The molecule has 0 atom stereocenters. The molecule has 1 N–H and O–H groups in total. The topological polar surface area (TPSA) is 80.4 Å². The number of carboxylic acid groups (broad SMARTS) is 1. The van der Waals surface area contributed by atoms with Crippen LogP contribution < -0.4 is 0 Å². The minimum Gasteiger partial charge on any atom is -0.478 e. The van der Waals surface area contributed by atoms with E-state index in [1.807, 2.05) is 37.3 Å². The Morgan fingerprint density at radius 3 is 2.70 bits per heavy atom. The lowest BCUT2D eigenvalue weighted by molar-refractivity contribution is 0.0697. The van der Waals surface area contributed by atoms with Crippen molar-refractivity contribution in [3.8, 4) is 11.1 Å². The van der Waals surface area contributed by atoms with Gasteiger partial charge >= 0.3 is 5.97 Å². The number of fused-ring (bicyclic) bond motifs is 3. The maximum Gasteiger partial charge on any atom is 0.335 e. The highest BCUT2D eigenvalue weighted by Gasteiger charge is 2.15. The smallest absolute Gasteiger partial charge is 0.335 e. The van der Waals surface area contributed by atoms with Gasteiger partial charge < -0.3 is 5.11 Å². The molecule has 0 spiro atoms. The van der Waals surface area contributed by atoms with E-state index < -0.39 is 5.97 Å². The van der Waals surface area contributed by atoms with E-state index in [1.165, 1.54) is 0 Å². The summed E-state index contributed by atoms with van der Waals surface area (Å²) in [6.07, 6.45) is 1.58. The van der Waals surface area contributed by atoms with Crippen LogP contribution in [0.1, 0.15) is 16.1 Å². The van der Waals surface area contributed by atoms with Gasteiger partial charge in [0.25, 0.3) is 0 Å². The number of benzene rings is 2. The Labute approximate surface area is 131 Å². The van der Waals surface area contributed by atoms with Gasteiger partial charge in [0.1, 0.15) is 6.33 Å². The summed E-state index contributed by atoms with van der Waals surface area (Å²) >= 11 is 0. The number of carbonyl (C=O) groups is 1. The molecule has 4 aromatic rings. The van der Waals surface area contributed by atoms with E-state index >= 15 is 0 Å². The van der Waals surface area contributed by atoms with Gasteiger partial charge in [-0.25, -0.2) is 9.78 Å². The minimum atomic E-state index is -0.981. The Balaban J connectivity index is 2.20.